The van der Waals surface area contributed by atoms with Gasteiger partial charge in [-0.15, -0.1) is 0 Å². The predicted octanol–water partition coefficient (Wildman–Crippen LogP) is 4.14. The molecule has 0 saturated carbocycles. The molecule has 1 aliphatic carbocycles. The Hall–Kier alpha value is -1.30. The minimum Gasteiger partial charge on any atom is -0.0844 e. The molecule has 0 unspecified atom stereocenters. The number of rotatable bonds is 0. The summed E-state index contributed by atoms with van der Waals surface area (Å²) >= 11 is 0. The van der Waals surface area contributed by atoms with Crippen LogP contribution >= 0.6 is 0 Å². The van der Waals surface area contributed by atoms with Crippen molar-refractivity contribution in [2.75, 3.05) is 0 Å². The first-order valence-electron chi connectivity index (χ1n) is 5.18. The summed E-state index contributed by atoms with van der Waals surface area (Å²) in [4.78, 5) is 0. The van der Waals surface area contributed by atoms with Crippen molar-refractivity contribution in [2.45, 2.75) is 25.7 Å². The van der Waals surface area contributed by atoms with Crippen LogP contribution < -0.4 is 0 Å². The van der Waals surface area contributed by atoms with E-state index in [4.69, 9.17) is 0 Å². The van der Waals surface area contributed by atoms with Crippen LogP contribution in [-0.4, -0.2) is 0 Å². The van der Waals surface area contributed by atoms with Crippen LogP contribution in [-0.2, 0) is 0 Å². The van der Waals surface area contributed by atoms with E-state index >= 15 is 0 Å². The lowest BCUT2D eigenvalue weighted by molar-refractivity contribution is 1.05. The lowest BCUT2D eigenvalue weighted by Crippen LogP contribution is -1.66. The molecule has 0 nitrogen and oxygen atoms in total. The van der Waals surface area contributed by atoms with Crippen LogP contribution in [0.15, 0.2) is 54.7 Å². The largest absolute Gasteiger partial charge is 0.0844 e. The molecule has 0 amide bonds. The summed E-state index contributed by atoms with van der Waals surface area (Å²) in [5.74, 6) is 0. The van der Waals surface area contributed by atoms with Crippen LogP contribution in [0.25, 0.3) is 0 Å². The van der Waals surface area contributed by atoms with Gasteiger partial charge in [-0.05, 0) is 31.8 Å². The summed E-state index contributed by atoms with van der Waals surface area (Å²) in [5.41, 5.74) is 0. The maximum atomic E-state index is 3.20. The number of hydrogen-bond donors (Lipinski definition) is 0. The molecule has 1 rings (SSSR count). The molecule has 0 saturated heterocycles. The third-order valence-corrected chi connectivity index (χ3v) is 1.91. The summed E-state index contributed by atoms with van der Waals surface area (Å²) in [6.07, 6.45) is 26.5. The van der Waals surface area contributed by atoms with Gasteiger partial charge >= 0.3 is 0 Å². The highest BCUT2D eigenvalue weighted by Crippen LogP contribution is 1.96. The normalized spacial score (nSPS) is 29.7. The highest BCUT2D eigenvalue weighted by molar-refractivity contribution is 5.07. The molecule has 0 aromatic rings. The predicted molar refractivity (Wildman–Crippen MR) is 62.8 cm³/mol. The third kappa shape index (κ3) is 6.24. The Labute approximate surface area is 87.0 Å². The smallest absolute Gasteiger partial charge is 0.00945 e. The van der Waals surface area contributed by atoms with Crippen molar-refractivity contribution in [1.82, 2.24) is 0 Å². The summed E-state index contributed by atoms with van der Waals surface area (Å²) < 4.78 is 0. The maximum Gasteiger partial charge on any atom is -0.00945 e. The second-order valence-corrected chi connectivity index (χ2v) is 3.14. The topological polar surface area (TPSA) is 0 Å². The fourth-order valence-corrected chi connectivity index (χ4v) is 1.15. The van der Waals surface area contributed by atoms with Crippen molar-refractivity contribution < 1.29 is 0 Å². The molecule has 0 atom stereocenters. The van der Waals surface area contributed by atoms with Gasteiger partial charge in [0.25, 0.3) is 0 Å². The number of allylic oxidation sites excluding steroid dienone is 10. The van der Waals surface area contributed by atoms with Gasteiger partial charge in [0.15, 0.2) is 0 Å². The summed E-state index contributed by atoms with van der Waals surface area (Å²) in [5, 5.41) is 0. The van der Waals surface area contributed by atoms with Crippen LogP contribution in [0, 0.1) is 6.08 Å². The van der Waals surface area contributed by atoms with Crippen LogP contribution in [0.3, 0.4) is 0 Å². The molecular weight excluding hydrogens is 168 g/mol. The number of hydrogen-bond acceptors (Lipinski definition) is 0. The second kappa shape index (κ2) is 8.31. The van der Waals surface area contributed by atoms with Crippen LogP contribution in [0.2, 0.25) is 0 Å². The first kappa shape index (κ1) is 10.8. The molecule has 0 fully saturated rings. The molecule has 0 aliphatic heterocycles. The standard InChI is InChI=1S/C14H17/c1-2-4-6-8-10-12-14-13-11-9-7-5-3-1/h1-4,7,9-10,12,14H,5-6,8,11H2/b3-1+,4-2-,9-7+,12-10-,14-13?. The highest BCUT2D eigenvalue weighted by atomic mass is 13.8. The quantitative estimate of drug-likeness (QED) is 0.497. The average molecular weight is 185 g/mol. The van der Waals surface area contributed by atoms with Gasteiger partial charge in [-0.1, -0.05) is 54.7 Å². The van der Waals surface area contributed by atoms with Crippen LogP contribution in [0.4, 0.5) is 0 Å². The maximum absolute atomic E-state index is 3.20. The van der Waals surface area contributed by atoms with Gasteiger partial charge < -0.3 is 0 Å². The fraction of sp³-hybridized carbons (Fsp3) is 0.286. The highest BCUT2D eigenvalue weighted by Gasteiger charge is 1.76. The van der Waals surface area contributed by atoms with Gasteiger partial charge in [0, 0.05) is 0 Å². The molecule has 0 heteroatoms. The first-order valence-corrected chi connectivity index (χ1v) is 5.18. The van der Waals surface area contributed by atoms with Gasteiger partial charge in [0.05, 0.1) is 0 Å². The van der Waals surface area contributed by atoms with E-state index in [-0.39, 0.29) is 0 Å². The van der Waals surface area contributed by atoms with E-state index in [1.807, 2.05) is 6.08 Å². The molecule has 0 bridgehead atoms. The third-order valence-electron chi connectivity index (χ3n) is 1.91. The zero-order valence-electron chi connectivity index (χ0n) is 8.52. The van der Waals surface area contributed by atoms with Crippen LogP contribution in [0.1, 0.15) is 25.7 Å². The minimum absolute atomic E-state index is 0.911. The van der Waals surface area contributed by atoms with Crippen molar-refractivity contribution in [1.29, 1.82) is 0 Å². The average Bonchev–Trinajstić information content (AvgIpc) is 2.22. The molecule has 0 spiro atoms. The lowest BCUT2D eigenvalue weighted by atomic mass is 10.2. The summed E-state index contributed by atoms with van der Waals surface area (Å²) in [6.45, 7) is 0. The Kier molecular flexibility index (Phi) is 6.39. The zero-order chi connectivity index (χ0) is 9.90. The van der Waals surface area contributed by atoms with E-state index in [9.17, 15) is 0 Å². The Morgan fingerprint density at radius 2 is 1.50 bits per heavy atom. The molecule has 14 heavy (non-hydrogen) atoms. The van der Waals surface area contributed by atoms with E-state index in [0.717, 1.165) is 25.7 Å². The Bertz CT molecular complexity index is 234. The van der Waals surface area contributed by atoms with Gasteiger partial charge in [-0.3, -0.25) is 0 Å². The van der Waals surface area contributed by atoms with Crippen molar-refractivity contribution in [2.24, 2.45) is 0 Å². The molecule has 73 valence electrons. The first-order chi connectivity index (χ1) is 7.00. The molecule has 1 radical (unpaired) electrons. The van der Waals surface area contributed by atoms with Crippen molar-refractivity contribution in [3.05, 3.63) is 60.8 Å². The fourth-order valence-electron chi connectivity index (χ4n) is 1.15. The van der Waals surface area contributed by atoms with Gasteiger partial charge in [-0.25, -0.2) is 0 Å². The minimum atomic E-state index is 0.911. The zero-order valence-corrected chi connectivity index (χ0v) is 8.52. The molecule has 0 N–H and O–H groups in total. The van der Waals surface area contributed by atoms with E-state index in [2.05, 4.69) is 54.7 Å². The van der Waals surface area contributed by atoms with Crippen molar-refractivity contribution in [3.63, 3.8) is 0 Å². The van der Waals surface area contributed by atoms with E-state index in [1.54, 1.807) is 0 Å². The monoisotopic (exact) mass is 185 g/mol. The van der Waals surface area contributed by atoms with Gasteiger partial charge in [0.2, 0.25) is 0 Å². The van der Waals surface area contributed by atoms with Crippen molar-refractivity contribution >= 4 is 0 Å². The molecule has 0 aromatic heterocycles. The Balaban J connectivity index is 2.45. The van der Waals surface area contributed by atoms with Gasteiger partial charge in [-0.2, -0.15) is 0 Å². The summed E-state index contributed by atoms with van der Waals surface area (Å²) in [7, 11) is 0. The second-order valence-electron chi connectivity index (χ2n) is 3.14. The van der Waals surface area contributed by atoms with E-state index in [0.29, 0.717) is 0 Å². The lowest BCUT2D eigenvalue weighted by Gasteiger charge is -1.86. The summed E-state index contributed by atoms with van der Waals surface area (Å²) in [6, 6.07) is 0. The Morgan fingerprint density at radius 3 is 2.43 bits per heavy atom. The molecule has 0 aromatic carbocycles. The SMILES string of the molecule is [C]1=C/C=C\CC/C=C\C=C\C/C=C/C/1. The van der Waals surface area contributed by atoms with Gasteiger partial charge in [0.1, 0.15) is 0 Å². The molecule has 0 heterocycles. The Morgan fingerprint density at radius 1 is 0.714 bits per heavy atom. The molecular formula is C14H17. The van der Waals surface area contributed by atoms with E-state index in [1.165, 1.54) is 0 Å². The van der Waals surface area contributed by atoms with E-state index < -0.39 is 0 Å². The van der Waals surface area contributed by atoms with Crippen molar-refractivity contribution in [3.8, 4) is 0 Å². The molecule has 1 aliphatic rings. The van der Waals surface area contributed by atoms with Crippen LogP contribution in [0.5, 0.6) is 0 Å².